The Morgan fingerprint density at radius 2 is 1.79 bits per heavy atom. The number of nitrogens with one attached hydrogen (secondary N) is 2. The first-order chi connectivity index (χ1) is 18.9. The lowest BCUT2D eigenvalue weighted by Gasteiger charge is -2.16. The minimum Gasteiger partial charge on any atom is -0.462 e. The van der Waals surface area contributed by atoms with Gasteiger partial charge in [-0.3, -0.25) is 9.59 Å². The first-order valence-corrected chi connectivity index (χ1v) is 15.4. The molecule has 0 saturated carbocycles. The minimum absolute atomic E-state index is 0.131. The molecule has 0 bridgehead atoms. The zero-order valence-corrected chi connectivity index (χ0v) is 24.6. The van der Waals surface area contributed by atoms with Crippen LogP contribution in [-0.2, 0) is 33.6 Å². The van der Waals surface area contributed by atoms with Gasteiger partial charge in [0.2, 0.25) is 11.8 Å². The number of rotatable bonds is 10. The van der Waals surface area contributed by atoms with Crippen molar-refractivity contribution in [2.75, 3.05) is 17.2 Å². The van der Waals surface area contributed by atoms with Crippen molar-refractivity contribution in [1.29, 1.82) is 0 Å². The number of esters is 1. The molecule has 1 heterocycles. The predicted molar refractivity (Wildman–Crippen MR) is 160 cm³/mol. The van der Waals surface area contributed by atoms with Crippen LogP contribution in [0.4, 0.5) is 10.7 Å². The number of hydrogen-bond acceptors (Lipinski definition) is 6. The summed E-state index contributed by atoms with van der Waals surface area (Å²) in [5, 5.41) is 6.84. The van der Waals surface area contributed by atoms with Gasteiger partial charge in [0.1, 0.15) is 5.00 Å². The molecule has 1 aliphatic rings. The van der Waals surface area contributed by atoms with Gasteiger partial charge in [0, 0.05) is 20.5 Å². The van der Waals surface area contributed by atoms with Crippen LogP contribution >= 0.6 is 34.7 Å². The number of thiophene rings is 1. The number of benzene rings is 2. The second-order valence-electron chi connectivity index (χ2n) is 9.37. The Balaban J connectivity index is 1.44. The SMILES string of the molecule is CCOC(=O)c1c(NC(=O)C(CC)Sc2cccc(NC(=O)Cc3ccc(Cl)cc3)c2)sc2c1CCCCC2. The molecule has 0 radical (unpaired) electrons. The summed E-state index contributed by atoms with van der Waals surface area (Å²) in [5.41, 5.74) is 3.10. The molecular formula is C30H33ClN2O4S2. The average Bonchev–Trinajstić information content (AvgIpc) is 3.08. The van der Waals surface area contributed by atoms with Gasteiger partial charge in [-0.05, 0) is 80.5 Å². The smallest absolute Gasteiger partial charge is 0.341 e. The van der Waals surface area contributed by atoms with Crippen molar-refractivity contribution in [1.82, 2.24) is 0 Å². The van der Waals surface area contributed by atoms with Crippen LogP contribution in [0.3, 0.4) is 0 Å². The zero-order chi connectivity index (χ0) is 27.8. The summed E-state index contributed by atoms with van der Waals surface area (Å²) in [4.78, 5) is 40.9. The largest absolute Gasteiger partial charge is 0.462 e. The highest BCUT2D eigenvalue weighted by molar-refractivity contribution is 8.00. The zero-order valence-electron chi connectivity index (χ0n) is 22.2. The van der Waals surface area contributed by atoms with Crippen molar-refractivity contribution >= 4 is 63.2 Å². The molecule has 0 spiro atoms. The van der Waals surface area contributed by atoms with Crippen molar-refractivity contribution in [3.8, 4) is 0 Å². The van der Waals surface area contributed by atoms with Crippen LogP contribution < -0.4 is 10.6 Å². The van der Waals surface area contributed by atoms with Gasteiger partial charge in [0.15, 0.2) is 0 Å². The Kier molecular flexibility index (Phi) is 10.5. The van der Waals surface area contributed by atoms with Gasteiger partial charge in [0.05, 0.1) is 23.8 Å². The highest BCUT2D eigenvalue weighted by Crippen LogP contribution is 2.39. The first-order valence-electron chi connectivity index (χ1n) is 13.3. The van der Waals surface area contributed by atoms with Crippen LogP contribution in [0.5, 0.6) is 0 Å². The third-order valence-electron chi connectivity index (χ3n) is 6.47. The van der Waals surface area contributed by atoms with E-state index in [1.807, 2.05) is 43.3 Å². The van der Waals surface area contributed by atoms with Crippen LogP contribution in [0, 0.1) is 0 Å². The maximum Gasteiger partial charge on any atom is 0.341 e. The normalized spacial score (nSPS) is 13.6. The summed E-state index contributed by atoms with van der Waals surface area (Å²) in [7, 11) is 0. The molecule has 1 aliphatic carbocycles. The van der Waals surface area contributed by atoms with Crippen LogP contribution in [0.25, 0.3) is 0 Å². The quantitative estimate of drug-likeness (QED) is 0.146. The number of carbonyl (C=O) groups excluding carboxylic acids is 3. The molecule has 2 aromatic carbocycles. The van der Waals surface area contributed by atoms with Crippen molar-refractivity contribution < 1.29 is 19.1 Å². The van der Waals surface area contributed by atoms with Crippen LogP contribution in [0.15, 0.2) is 53.4 Å². The standard InChI is InChI=1S/C30H33ClN2O4S2/c1-3-24(28(35)33-29-27(30(36)37-4-2)23-11-6-5-7-12-25(23)39-29)38-22-10-8-9-21(18-22)32-26(34)17-19-13-15-20(31)16-14-19/h8-10,13-16,18,24H,3-7,11-12,17H2,1-2H3,(H,32,34)(H,33,35). The fraction of sp³-hybridized carbons (Fsp3) is 0.367. The number of carbonyl (C=O) groups is 3. The third kappa shape index (κ3) is 7.87. The molecule has 0 aliphatic heterocycles. The Bertz CT molecular complexity index is 1320. The van der Waals surface area contributed by atoms with Crippen LogP contribution in [0.1, 0.15) is 65.9 Å². The monoisotopic (exact) mass is 584 g/mol. The molecule has 0 fully saturated rings. The Morgan fingerprint density at radius 1 is 1.03 bits per heavy atom. The van der Waals surface area contributed by atoms with E-state index in [1.165, 1.54) is 28.0 Å². The lowest BCUT2D eigenvalue weighted by molar-refractivity contribution is -0.116. The lowest BCUT2D eigenvalue weighted by Crippen LogP contribution is -2.25. The van der Waals surface area contributed by atoms with E-state index in [0.717, 1.165) is 48.1 Å². The highest BCUT2D eigenvalue weighted by atomic mass is 35.5. The minimum atomic E-state index is -0.373. The van der Waals surface area contributed by atoms with Crippen LogP contribution in [0.2, 0.25) is 5.02 Å². The third-order valence-corrected chi connectivity index (χ3v) is 9.29. The van der Waals surface area contributed by atoms with Crippen molar-refractivity contribution in [3.05, 3.63) is 75.1 Å². The molecule has 3 aromatic rings. The second kappa shape index (κ2) is 14.0. The molecule has 0 saturated heterocycles. The fourth-order valence-electron chi connectivity index (χ4n) is 4.57. The summed E-state index contributed by atoms with van der Waals surface area (Å²) < 4.78 is 5.36. The van der Waals surface area contributed by atoms with Crippen molar-refractivity contribution in [2.24, 2.45) is 0 Å². The second-order valence-corrected chi connectivity index (χ2v) is 12.2. The molecule has 6 nitrogen and oxygen atoms in total. The molecule has 2 N–H and O–H groups in total. The predicted octanol–water partition coefficient (Wildman–Crippen LogP) is 7.54. The molecule has 1 unspecified atom stereocenters. The number of aryl methyl sites for hydroxylation is 1. The van der Waals surface area contributed by atoms with Gasteiger partial charge in [-0.15, -0.1) is 23.1 Å². The van der Waals surface area contributed by atoms with E-state index in [1.54, 1.807) is 19.1 Å². The van der Waals surface area contributed by atoms with Crippen molar-refractivity contribution in [3.63, 3.8) is 0 Å². The van der Waals surface area contributed by atoms with Gasteiger partial charge < -0.3 is 15.4 Å². The number of anilines is 2. The number of fused-ring (bicyclic) bond motifs is 1. The summed E-state index contributed by atoms with van der Waals surface area (Å²) in [6, 6.07) is 14.7. The first kappa shape index (κ1) is 29.2. The van der Waals surface area contributed by atoms with E-state index < -0.39 is 0 Å². The molecule has 39 heavy (non-hydrogen) atoms. The van der Waals surface area contributed by atoms with E-state index in [2.05, 4.69) is 10.6 Å². The van der Waals surface area contributed by atoms with Crippen molar-refractivity contribution in [2.45, 2.75) is 68.9 Å². The average molecular weight is 585 g/mol. The van der Waals surface area contributed by atoms with Gasteiger partial charge in [-0.25, -0.2) is 4.79 Å². The highest BCUT2D eigenvalue weighted by Gasteiger charge is 2.28. The van der Waals surface area contributed by atoms with Gasteiger partial charge in [0.25, 0.3) is 0 Å². The summed E-state index contributed by atoms with van der Waals surface area (Å²) >= 11 is 8.87. The maximum absolute atomic E-state index is 13.4. The molecular weight excluding hydrogens is 552 g/mol. The fourth-order valence-corrected chi connectivity index (χ4v) is 6.99. The van der Waals surface area contributed by atoms with Gasteiger partial charge in [-0.1, -0.05) is 43.1 Å². The molecule has 9 heteroatoms. The van der Waals surface area contributed by atoms with E-state index in [9.17, 15) is 14.4 Å². The van der Waals surface area contributed by atoms with Gasteiger partial charge >= 0.3 is 5.97 Å². The van der Waals surface area contributed by atoms with E-state index >= 15 is 0 Å². The Labute approximate surface area is 242 Å². The Hall–Kier alpha value is -2.81. The lowest BCUT2D eigenvalue weighted by atomic mass is 10.1. The Morgan fingerprint density at radius 3 is 2.54 bits per heavy atom. The molecule has 1 atom stereocenters. The summed E-state index contributed by atoms with van der Waals surface area (Å²) in [6.45, 7) is 4.04. The topological polar surface area (TPSA) is 84.5 Å². The van der Waals surface area contributed by atoms with E-state index in [-0.39, 0.29) is 36.1 Å². The maximum atomic E-state index is 13.4. The molecule has 1 aromatic heterocycles. The number of thioether (sulfide) groups is 1. The number of halogens is 1. The molecule has 2 amide bonds. The number of ether oxygens (including phenoxy) is 1. The van der Waals surface area contributed by atoms with Crippen LogP contribution in [-0.4, -0.2) is 29.6 Å². The van der Waals surface area contributed by atoms with Gasteiger partial charge in [-0.2, -0.15) is 0 Å². The number of amides is 2. The molecule has 4 rings (SSSR count). The molecule has 206 valence electrons. The van der Waals surface area contributed by atoms with E-state index in [4.69, 9.17) is 16.3 Å². The summed E-state index contributed by atoms with van der Waals surface area (Å²) in [6.07, 6.45) is 5.85. The van der Waals surface area contributed by atoms with E-state index in [0.29, 0.717) is 27.7 Å². The number of hydrogen-bond donors (Lipinski definition) is 2. The summed E-state index contributed by atoms with van der Waals surface area (Å²) in [5.74, 6) is -0.648.